The zero-order valence-corrected chi connectivity index (χ0v) is 14.1. The maximum atomic E-state index is 12.9. The van der Waals surface area contributed by atoms with E-state index >= 15 is 0 Å². The zero-order valence-electron chi connectivity index (χ0n) is 12.5. The van der Waals surface area contributed by atoms with E-state index in [1.54, 1.807) is 32.2 Å². The summed E-state index contributed by atoms with van der Waals surface area (Å²) < 4.78 is 27.0. The highest BCUT2D eigenvalue weighted by Crippen LogP contribution is 2.37. The van der Waals surface area contributed by atoms with Crippen LogP contribution in [0.2, 0.25) is 5.02 Å². The van der Waals surface area contributed by atoms with Crippen molar-refractivity contribution in [2.75, 3.05) is 13.6 Å². The van der Waals surface area contributed by atoms with Gasteiger partial charge in [0.25, 0.3) is 10.0 Å². The van der Waals surface area contributed by atoms with Crippen LogP contribution < -0.4 is 0 Å². The van der Waals surface area contributed by atoms with E-state index in [1.165, 1.54) is 4.31 Å². The third-order valence-corrected chi connectivity index (χ3v) is 6.01. The standard InChI is InChI=1S/C15H16ClN3O2S/c1-4-19-7-5-6-13-15(19)17-12-9-11(16)10(2)8-14(12)22(20,21)18(13)3/h5-9H,4H2,1-3H3. The summed E-state index contributed by atoms with van der Waals surface area (Å²) in [6.45, 7) is 4.45. The average Bonchev–Trinajstić information content (AvgIpc) is 2.56. The van der Waals surface area contributed by atoms with E-state index < -0.39 is 10.0 Å². The van der Waals surface area contributed by atoms with Gasteiger partial charge in [-0.05, 0) is 43.7 Å². The summed E-state index contributed by atoms with van der Waals surface area (Å²) >= 11 is 6.15. The van der Waals surface area contributed by atoms with Gasteiger partial charge in [0.2, 0.25) is 0 Å². The van der Waals surface area contributed by atoms with Crippen LogP contribution in [0.25, 0.3) is 0 Å². The SMILES string of the molecule is CCN1C=CC=C2C1=Nc1cc(Cl)c(C)cc1S(=O)(=O)N2C. The molecule has 2 aliphatic heterocycles. The van der Waals surface area contributed by atoms with Crippen molar-refractivity contribution in [2.45, 2.75) is 18.7 Å². The minimum Gasteiger partial charge on any atom is -0.332 e. The summed E-state index contributed by atoms with van der Waals surface area (Å²) in [5, 5.41) is 0.503. The molecule has 0 aliphatic carbocycles. The van der Waals surface area contributed by atoms with Crippen LogP contribution in [0.3, 0.4) is 0 Å². The maximum absolute atomic E-state index is 12.9. The van der Waals surface area contributed by atoms with Crippen molar-refractivity contribution < 1.29 is 8.42 Å². The van der Waals surface area contributed by atoms with E-state index in [9.17, 15) is 8.42 Å². The smallest absolute Gasteiger partial charge is 0.266 e. The number of amidine groups is 1. The molecule has 1 aromatic rings. The lowest BCUT2D eigenvalue weighted by Crippen LogP contribution is -2.37. The number of benzene rings is 1. The second-order valence-corrected chi connectivity index (χ2v) is 7.50. The summed E-state index contributed by atoms with van der Waals surface area (Å²) in [6, 6.07) is 3.19. The topological polar surface area (TPSA) is 53.0 Å². The Kier molecular flexibility index (Phi) is 3.53. The molecule has 22 heavy (non-hydrogen) atoms. The molecule has 116 valence electrons. The number of nitrogens with zero attached hydrogens (tertiary/aromatic N) is 3. The molecule has 0 spiro atoms. The maximum Gasteiger partial charge on any atom is 0.266 e. The highest BCUT2D eigenvalue weighted by Gasteiger charge is 2.34. The van der Waals surface area contributed by atoms with Crippen LogP contribution in [-0.2, 0) is 10.0 Å². The van der Waals surface area contributed by atoms with Gasteiger partial charge in [0, 0.05) is 24.8 Å². The van der Waals surface area contributed by atoms with Crippen LogP contribution >= 0.6 is 11.6 Å². The summed E-state index contributed by atoms with van der Waals surface area (Å²) in [4.78, 5) is 6.66. The average molecular weight is 338 g/mol. The van der Waals surface area contributed by atoms with Gasteiger partial charge < -0.3 is 4.90 Å². The highest BCUT2D eigenvalue weighted by atomic mass is 35.5. The van der Waals surface area contributed by atoms with Gasteiger partial charge in [-0.1, -0.05) is 11.6 Å². The molecule has 0 radical (unpaired) electrons. The molecule has 0 N–H and O–H groups in total. The number of rotatable bonds is 1. The molecule has 0 amide bonds. The van der Waals surface area contributed by atoms with Crippen LogP contribution in [0.5, 0.6) is 0 Å². The predicted molar refractivity (Wildman–Crippen MR) is 87.8 cm³/mol. The molecule has 5 nitrogen and oxygen atoms in total. The summed E-state index contributed by atoms with van der Waals surface area (Å²) in [5.41, 5.74) is 1.63. The molecule has 7 heteroatoms. The zero-order chi connectivity index (χ0) is 16.1. The molecule has 0 aromatic heterocycles. The summed E-state index contributed by atoms with van der Waals surface area (Å²) in [6.07, 6.45) is 5.45. The molecule has 0 bridgehead atoms. The molecule has 0 atom stereocenters. The van der Waals surface area contributed by atoms with E-state index in [0.29, 0.717) is 34.4 Å². The lowest BCUT2D eigenvalue weighted by molar-refractivity contribution is 0.518. The Morgan fingerprint density at radius 1 is 1.32 bits per heavy atom. The van der Waals surface area contributed by atoms with Gasteiger partial charge in [-0.2, -0.15) is 0 Å². The van der Waals surface area contributed by atoms with Crippen molar-refractivity contribution in [2.24, 2.45) is 4.99 Å². The predicted octanol–water partition coefficient (Wildman–Crippen LogP) is 3.05. The first kappa shape index (κ1) is 15.1. The van der Waals surface area contributed by atoms with Gasteiger partial charge in [0.1, 0.15) is 4.90 Å². The van der Waals surface area contributed by atoms with E-state index in [-0.39, 0.29) is 4.90 Å². The first-order valence-electron chi connectivity index (χ1n) is 6.89. The third kappa shape index (κ3) is 2.14. The Morgan fingerprint density at radius 3 is 2.73 bits per heavy atom. The van der Waals surface area contributed by atoms with Gasteiger partial charge in [-0.3, -0.25) is 4.31 Å². The number of allylic oxidation sites excluding steroid dienone is 2. The normalized spacial score (nSPS) is 19.1. The highest BCUT2D eigenvalue weighted by molar-refractivity contribution is 7.89. The molecule has 0 fully saturated rings. The number of hydrogen-bond donors (Lipinski definition) is 0. The Labute approximate surface area is 135 Å². The van der Waals surface area contributed by atoms with E-state index in [2.05, 4.69) is 4.99 Å². The van der Waals surface area contributed by atoms with Crippen LogP contribution in [0.1, 0.15) is 12.5 Å². The molecule has 0 saturated carbocycles. The number of aliphatic imine (C=N–C) groups is 1. The van der Waals surface area contributed by atoms with Gasteiger partial charge in [-0.25, -0.2) is 13.4 Å². The van der Waals surface area contributed by atoms with Gasteiger partial charge in [0.15, 0.2) is 5.84 Å². The summed E-state index contributed by atoms with van der Waals surface area (Å²) in [5.74, 6) is 0.606. The first-order chi connectivity index (χ1) is 10.4. The van der Waals surface area contributed by atoms with Crippen LogP contribution in [0, 0.1) is 6.92 Å². The second-order valence-electron chi connectivity index (χ2n) is 5.16. The van der Waals surface area contributed by atoms with Crippen molar-refractivity contribution in [3.63, 3.8) is 0 Å². The fourth-order valence-corrected chi connectivity index (χ4v) is 4.03. The number of hydrogen-bond acceptors (Lipinski definition) is 4. The molecule has 0 unspecified atom stereocenters. The van der Waals surface area contributed by atoms with Gasteiger partial charge in [0.05, 0.1) is 11.4 Å². The number of sulfonamides is 1. The second kappa shape index (κ2) is 5.14. The quantitative estimate of drug-likeness (QED) is 0.791. The van der Waals surface area contributed by atoms with Crippen LogP contribution in [0.15, 0.2) is 46.1 Å². The Morgan fingerprint density at radius 2 is 2.05 bits per heavy atom. The molecular weight excluding hydrogens is 322 g/mol. The number of halogens is 1. The number of likely N-dealkylation sites (N-methyl/N-ethyl adjacent to an activating group) is 2. The Bertz CT molecular complexity index is 841. The lowest BCUT2D eigenvalue weighted by atomic mass is 10.2. The van der Waals surface area contributed by atoms with E-state index in [1.807, 2.05) is 24.1 Å². The van der Waals surface area contributed by atoms with Gasteiger partial charge >= 0.3 is 0 Å². The lowest BCUT2D eigenvalue weighted by Gasteiger charge is -2.28. The monoisotopic (exact) mass is 337 g/mol. The summed E-state index contributed by atoms with van der Waals surface area (Å²) in [7, 11) is -2.12. The van der Waals surface area contributed by atoms with Crippen LogP contribution in [-0.4, -0.2) is 37.1 Å². The minimum atomic E-state index is -3.67. The van der Waals surface area contributed by atoms with E-state index in [0.717, 1.165) is 0 Å². The Hall–Kier alpha value is -1.79. The molecule has 0 saturated heterocycles. The fourth-order valence-electron chi connectivity index (χ4n) is 2.48. The van der Waals surface area contributed by atoms with Crippen molar-refractivity contribution in [1.29, 1.82) is 0 Å². The molecule has 2 heterocycles. The van der Waals surface area contributed by atoms with Gasteiger partial charge in [-0.15, -0.1) is 0 Å². The number of fused-ring (bicyclic) bond motifs is 2. The van der Waals surface area contributed by atoms with Crippen molar-refractivity contribution >= 4 is 33.1 Å². The van der Waals surface area contributed by atoms with Crippen molar-refractivity contribution in [1.82, 2.24) is 9.21 Å². The van der Waals surface area contributed by atoms with Crippen molar-refractivity contribution in [3.8, 4) is 0 Å². The van der Waals surface area contributed by atoms with E-state index in [4.69, 9.17) is 11.6 Å². The third-order valence-electron chi connectivity index (χ3n) is 3.81. The number of aryl methyl sites for hydroxylation is 1. The van der Waals surface area contributed by atoms with Crippen LogP contribution in [0.4, 0.5) is 5.69 Å². The van der Waals surface area contributed by atoms with Crippen molar-refractivity contribution in [3.05, 3.63) is 46.8 Å². The molecule has 1 aromatic carbocycles. The largest absolute Gasteiger partial charge is 0.332 e. The molecule has 2 aliphatic rings. The fraction of sp³-hybridized carbons (Fsp3) is 0.267. The first-order valence-corrected chi connectivity index (χ1v) is 8.71. The molecular formula is C15H16ClN3O2S. The molecule has 3 rings (SSSR count). The Balaban J connectivity index is 2.34. The minimum absolute atomic E-state index is 0.177.